The first kappa shape index (κ1) is 18.1. The number of hydrogen-bond acceptors (Lipinski definition) is 6. The average Bonchev–Trinajstić information content (AvgIpc) is 3.38. The normalized spacial score (nSPS) is 17.1. The van der Waals surface area contributed by atoms with Crippen LogP contribution in [0.1, 0.15) is 26.2 Å². The van der Waals surface area contributed by atoms with E-state index in [-0.39, 0.29) is 6.10 Å². The van der Waals surface area contributed by atoms with Gasteiger partial charge in [-0.1, -0.05) is 11.8 Å². The van der Waals surface area contributed by atoms with Gasteiger partial charge in [-0.3, -0.25) is 4.57 Å². The smallest absolute Gasteiger partial charge is 0.205 e. The van der Waals surface area contributed by atoms with Crippen LogP contribution in [0.15, 0.2) is 52.2 Å². The second-order valence-electron chi connectivity index (χ2n) is 6.35. The Morgan fingerprint density at radius 2 is 2.07 bits per heavy atom. The lowest BCUT2D eigenvalue weighted by Gasteiger charge is -2.21. The molecule has 2 aromatic heterocycles. The third-order valence-corrected chi connectivity index (χ3v) is 5.51. The van der Waals surface area contributed by atoms with Crippen LogP contribution in [0, 0.1) is 0 Å². The molecule has 0 bridgehead atoms. The molecule has 1 saturated heterocycles. The number of benzene rings is 1. The molecule has 1 aromatic carbocycles. The highest BCUT2D eigenvalue weighted by atomic mass is 32.2. The predicted octanol–water partition coefficient (Wildman–Crippen LogP) is 4.59. The van der Waals surface area contributed by atoms with Crippen LogP contribution < -0.4 is 4.74 Å². The molecule has 142 valence electrons. The largest absolute Gasteiger partial charge is 0.494 e. The van der Waals surface area contributed by atoms with Crippen LogP contribution in [0.25, 0.3) is 17.3 Å². The fraction of sp³-hybridized carbons (Fsp3) is 0.400. The molecule has 0 amide bonds. The fourth-order valence-electron chi connectivity index (χ4n) is 3.13. The summed E-state index contributed by atoms with van der Waals surface area (Å²) < 4.78 is 19.0. The van der Waals surface area contributed by atoms with Gasteiger partial charge >= 0.3 is 0 Å². The maximum atomic E-state index is 5.85. The van der Waals surface area contributed by atoms with Crippen LogP contribution in [0.4, 0.5) is 0 Å². The monoisotopic (exact) mass is 385 g/mol. The highest BCUT2D eigenvalue weighted by molar-refractivity contribution is 7.99. The molecule has 3 heterocycles. The molecule has 0 aliphatic carbocycles. The number of ether oxygens (including phenoxy) is 2. The van der Waals surface area contributed by atoms with E-state index in [0.29, 0.717) is 18.2 Å². The standard InChI is InChI=1S/C20H23N3O3S/c1-2-24-16-10-8-15(9-11-16)23-19(18-7-5-13-26-18)21-22-20(23)27-14-17-6-3-4-12-25-17/h5,7-11,13,17H,2-4,6,12,14H2,1H3. The Kier molecular flexibility index (Phi) is 5.79. The van der Waals surface area contributed by atoms with Crippen molar-refractivity contribution in [2.75, 3.05) is 19.0 Å². The van der Waals surface area contributed by atoms with Crippen molar-refractivity contribution in [2.24, 2.45) is 0 Å². The van der Waals surface area contributed by atoms with Crippen LogP contribution in [-0.2, 0) is 4.74 Å². The molecule has 0 N–H and O–H groups in total. The third kappa shape index (κ3) is 4.20. The molecule has 6 nitrogen and oxygen atoms in total. The predicted molar refractivity (Wildman–Crippen MR) is 105 cm³/mol. The van der Waals surface area contributed by atoms with E-state index in [1.54, 1.807) is 18.0 Å². The van der Waals surface area contributed by atoms with Crippen molar-refractivity contribution in [2.45, 2.75) is 37.4 Å². The van der Waals surface area contributed by atoms with E-state index in [0.717, 1.165) is 41.8 Å². The fourth-order valence-corrected chi connectivity index (χ4v) is 4.14. The first-order chi connectivity index (χ1) is 13.3. The van der Waals surface area contributed by atoms with Gasteiger partial charge < -0.3 is 13.9 Å². The number of rotatable bonds is 7. The number of aromatic nitrogens is 3. The van der Waals surface area contributed by atoms with Gasteiger partial charge in [0.1, 0.15) is 5.75 Å². The Morgan fingerprint density at radius 1 is 1.19 bits per heavy atom. The maximum Gasteiger partial charge on any atom is 0.205 e. The Morgan fingerprint density at radius 3 is 2.78 bits per heavy atom. The van der Waals surface area contributed by atoms with Gasteiger partial charge in [0.2, 0.25) is 5.82 Å². The van der Waals surface area contributed by atoms with Gasteiger partial charge in [-0.05, 0) is 62.6 Å². The van der Waals surface area contributed by atoms with Gasteiger partial charge in [0.25, 0.3) is 0 Å². The summed E-state index contributed by atoms with van der Waals surface area (Å²) in [6.07, 6.45) is 5.42. The number of thioether (sulfide) groups is 1. The van der Waals surface area contributed by atoms with Crippen LogP contribution >= 0.6 is 11.8 Å². The minimum atomic E-state index is 0.279. The van der Waals surface area contributed by atoms with Crippen LogP contribution in [-0.4, -0.2) is 39.8 Å². The van der Waals surface area contributed by atoms with E-state index in [1.165, 1.54) is 6.42 Å². The summed E-state index contributed by atoms with van der Waals surface area (Å²) in [5, 5.41) is 9.64. The van der Waals surface area contributed by atoms with Gasteiger partial charge in [-0.15, -0.1) is 10.2 Å². The zero-order chi connectivity index (χ0) is 18.5. The summed E-state index contributed by atoms with van der Waals surface area (Å²) in [5.74, 6) is 3.10. The molecule has 0 saturated carbocycles. The van der Waals surface area contributed by atoms with Crippen LogP contribution in [0.2, 0.25) is 0 Å². The first-order valence-corrected chi connectivity index (χ1v) is 10.3. The first-order valence-electron chi connectivity index (χ1n) is 9.32. The molecule has 27 heavy (non-hydrogen) atoms. The molecule has 3 aromatic rings. The molecular weight excluding hydrogens is 362 g/mol. The van der Waals surface area contributed by atoms with Gasteiger partial charge in [-0.25, -0.2) is 0 Å². The highest BCUT2D eigenvalue weighted by Gasteiger charge is 2.20. The summed E-state index contributed by atoms with van der Waals surface area (Å²) in [4.78, 5) is 0. The van der Waals surface area contributed by atoms with E-state index in [9.17, 15) is 0 Å². The van der Waals surface area contributed by atoms with E-state index in [2.05, 4.69) is 10.2 Å². The minimum absolute atomic E-state index is 0.279. The molecule has 1 unspecified atom stereocenters. The number of hydrogen-bond donors (Lipinski definition) is 0. The lowest BCUT2D eigenvalue weighted by Crippen LogP contribution is -2.21. The summed E-state index contributed by atoms with van der Waals surface area (Å²) in [6.45, 7) is 3.48. The molecule has 1 aliphatic heterocycles. The van der Waals surface area contributed by atoms with Gasteiger partial charge in [0.05, 0.1) is 24.7 Å². The maximum absolute atomic E-state index is 5.85. The number of furan rings is 1. The summed E-state index contributed by atoms with van der Waals surface area (Å²) in [7, 11) is 0. The van der Waals surface area contributed by atoms with Crippen LogP contribution in [0.3, 0.4) is 0 Å². The average molecular weight is 385 g/mol. The summed E-state index contributed by atoms with van der Waals surface area (Å²) in [5.41, 5.74) is 0.974. The lowest BCUT2D eigenvalue weighted by atomic mass is 10.1. The Labute approximate surface area is 162 Å². The quantitative estimate of drug-likeness (QED) is 0.555. The zero-order valence-electron chi connectivity index (χ0n) is 15.3. The highest BCUT2D eigenvalue weighted by Crippen LogP contribution is 2.30. The van der Waals surface area contributed by atoms with E-state index in [1.807, 2.05) is 47.9 Å². The van der Waals surface area contributed by atoms with Gasteiger partial charge in [0, 0.05) is 12.4 Å². The third-order valence-electron chi connectivity index (χ3n) is 4.45. The second kappa shape index (κ2) is 8.63. The van der Waals surface area contributed by atoms with Crippen molar-refractivity contribution in [1.29, 1.82) is 0 Å². The molecule has 4 rings (SSSR count). The van der Waals surface area contributed by atoms with Gasteiger partial charge in [-0.2, -0.15) is 0 Å². The molecule has 1 aliphatic rings. The zero-order valence-corrected chi connectivity index (χ0v) is 16.2. The molecular formula is C20H23N3O3S. The summed E-state index contributed by atoms with van der Waals surface area (Å²) in [6, 6.07) is 11.7. The molecule has 7 heteroatoms. The Bertz CT molecular complexity index is 840. The molecule has 1 fully saturated rings. The minimum Gasteiger partial charge on any atom is -0.494 e. The molecule has 0 spiro atoms. The molecule has 1 atom stereocenters. The van der Waals surface area contributed by atoms with Crippen molar-refractivity contribution < 1.29 is 13.9 Å². The Balaban J connectivity index is 1.62. The SMILES string of the molecule is CCOc1ccc(-n2c(SCC3CCCCO3)nnc2-c2ccco2)cc1. The van der Waals surface area contributed by atoms with Crippen LogP contribution in [0.5, 0.6) is 5.75 Å². The van der Waals surface area contributed by atoms with Crippen molar-refractivity contribution in [3.8, 4) is 23.0 Å². The van der Waals surface area contributed by atoms with E-state index in [4.69, 9.17) is 13.9 Å². The topological polar surface area (TPSA) is 62.3 Å². The second-order valence-corrected chi connectivity index (χ2v) is 7.33. The van der Waals surface area contributed by atoms with E-state index < -0.39 is 0 Å². The van der Waals surface area contributed by atoms with Crippen molar-refractivity contribution in [1.82, 2.24) is 14.8 Å². The van der Waals surface area contributed by atoms with Gasteiger partial charge in [0.15, 0.2) is 10.9 Å². The Hall–Kier alpha value is -2.25. The lowest BCUT2D eigenvalue weighted by molar-refractivity contribution is 0.0315. The van der Waals surface area contributed by atoms with Crippen molar-refractivity contribution in [3.05, 3.63) is 42.7 Å². The molecule has 0 radical (unpaired) electrons. The van der Waals surface area contributed by atoms with E-state index >= 15 is 0 Å². The summed E-state index contributed by atoms with van der Waals surface area (Å²) >= 11 is 1.67. The van der Waals surface area contributed by atoms with Crippen molar-refractivity contribution >= 4 is 11.8 Å². The van der Waals surface area contributed by atoms with Crippen molar-refractivity contribution in [3.63, 3.8) is 0 Å². The number of nitrogens with zero attached hydrogens (tertiary/aromatic N) is 3.